The molecule has 0 saturated heterocycles. The van der Waals surface area contributed by atoms with Crippen LogP contribution in [0.2, 0.25) is 0 Å². The van der Waals surface area contributed by atoms with Crippen molar-refractivity contribution in [1.29, 1.82) is 0 Å². The van der Waals surface area contributed by atoms with Crippen LogP contribution in [0.15, 0.2) is 0 Å². The SMILES string of the molecule is OC1CC2(O)CC3CC4(OC5CC5)CC1[C@]24C3. The van der Waals surface area contributed by atoms with E-state index in [-0.39, 0.29) is 17.1 Å². The van der Waals surface area contributed by atoms with Crippen LogP contribution in [0, 0.1) is 17.3 Å². The van der Waals surface area contributed by atoms with Crippen molar-refractivity contribution in [2.24, 2.45) is 17.3 Å². The number of ether oxygens (including phenoxy) is 1. The van der Waals surface area contributed by atoms with E-state index in [0.29, 0.717) is 24.4 Å². The van der Waals surface area contributed by atoms with Gasteiger partial charge in [-0.2, -0.15) is 0 Å². The number of hydrogen-bond acceptors (Lipinski definition) is 3. The summed E-state index contributed by atoms with van der Waals surface area (Å²) in [4.78, 5) is 0. The largest absolute Gasteiger partial charge is 0.393 e. The maximum absolute atomic E-state index is 10.9. The summed E-state index contributed by atoms with van der Waals surface area (Å²) >= 11 is 0. The Labute approximate surface area is 101 Å². The molecule has 1 spiro atoms. The van der Waals surface area contributed by atoms with Gasteiger partial charge >= 0.3 is 0 Å². The van der Waals surface area contributed by atoms with Crippen LogP contribution in [-0.2, 0) is 4.74 Å². The Balaban J connectivity index is 1.61. The van der Waals surface area contributed by atoms with Gasteiger partial charge in [-0.05, 0) is 50.4 Å². The minimum absolute atomic E-state index is 0.0476. The number of hydrogen-bond donors (Lipinski definition) is 2. The molecule has 5 saturated carbocycles. The fraction of sp³-hybridized carbons (Fsp3) is 1.00. The first-order valence-electron chi connectivity index (χ1n) is 7.17. The topological polar surface area (TPSA) is 49.7 Å². The summed E-state index contributed by atoms with van der Waals surface area (Å²) in [5.74, 6) is 0.968. The van der Waals surface area contributed by atoms with Gasteiger partial charge in [-0.15, -0.1) is 0 Å². The quantitative estimate of drug-likeness (QED) is 0.758. The van der Waals surface area contributed by atoms with E-state index in [1.54, 1.807) is 0 Å². The van der Waals surface area contributed by atoms with Gasteiger partial charge in [-0.1, -0.05) is 0 Å². The molecule has 5 unspecified atom stereocenters. The third-order valence-electron chi connectivity index (χ3n) is 6.61. The highest BCUT2D eigenvalue weighted by atomic mass is 16.5. The molecule has 3 nitrogen and oxygen atoms in total. The van der Waals surface area contributed by atoms with E-state index in [2.05, 4.69) is 0 Å². The molecule has 3 heteroatoms. The first-order valence-corrected chi connectivity index (χ1v) is 7.17. The number of aliphatic hydroxyl groups excluding tert-OH is 1. The normalized spacial score (nSPS) is 67.1. The molecule has 0 aromatic heterocycles. The molecule has 5 rings (SSSR count). The number of fused-ring (bicyclic) bond motifs is 1. The Kier molecular flexibility index (Phi) is 1.41. The molecule has 0 aliphatic heterocycles. The summed E-state index contributed by atoms with van der Waals surface area (Å²) in [6, 6.07) is 0. The second kappa shape index (κ2) is 2.45. The minimum atomic E-state index is -0.604. The van der Waals surface area contributed by atoms with Gasteiger partial charge in [0.15, 0.2) is 0 Å². The summed E-state index contributed by atoms with van der Waals surface area (Å²) in [7, 11) is 0. The van der Waals surface area contributed by atoms with Gasteiger partial charge < -0.3 is 14.9 Å². The maximum Gasteiger partial charge on any atom is 0.0780 e. The Hall–Kier alpha value is -0.120. The second-order valence-corrected chi connectivity index (χ2v) is 7.37. The van der Waals surface area contributed by atoms with E-state index < -0.39 is 5.60 Å². The lowest BCUT2D eigenvalue weighted by molar-refractivity contribution is -0.282. The first kappa shape index (κ1) is 9.76. The predicted octanol–water partition coefficient (Wildman–Crippen LogP) is 1.22. The average Bonchev–Trinajstić information content (AvgIpc) is 2.88. The van der Waals surface area contributed by atoms with Crippen LogP contribution in [0.25, 0.3) is 0 Å². The molecule has 5 aliphatic carbocycles. The molecule has 6 atom stereocenters. The van der Waals surface area contributed by atoms with Crippen molar-refractivity contribution in [1.82, 2.24) is 0 Å². The smallest absolute Gasteiger partial charge is 0.0780 e. The molecule has 94 valence electrons. The molecule has 0 aromatic carbocycles. The van der Waals surface area contributed by atoms with Crippen LogP contribution in [0.4, 0.5) is 0 Å². The standard InChI is InChI=1S/C14H20O3/c15-11-7-12(16)3-8-4-13(17-9-1-2-9)6-10(11)14(12,13)5-8/h8-11,15-16H,1-7H2/t8?,10?,11?,12?,13?,14-/m1/s1. The van der Waals surface area contributed by atoms with Gasteiger partial charge in [0.05, 0.1) is 23.4 Å². The van der Waals surface area contributed by atoms with Crippen LogP contribution < -0.4 is 0 Å². The zero-order chi connectivity index (χ0) is 11.5. The van der Waals surface area contributed by atoms with Crippen molar-refractivity contribution in [3.63, 3.8) is 0 Å². The second-order valence-electron chi connectivity index (χ2n) is 7.37. The van der Waals surface area contributed by atoms with Crippen LogP contribution in [-0.4, -0.2) is 33.6 Å². The Morgan fingerprint density at radius 1 is 1.00 bits per heavy atom. The summed E-state index contributed by atoms with van der Waals surface area (Å²) in [6.07, 6.45) is 7.36. The third-order valence-corrected chi connectivity index (χ3v) is 6.61. The molecular formula is C14H20O3. The van der Waals surface area contributed by atoms with Gasteiger partial charge in [0.25, 0.3) is 0 Å². The van der Waals surface area contributed by atoms with E-state index in [0.717, 1.165) is 25.7 Å². The van der Waals surface area contributed by atoms with Crippen molar-refractivity contribution in [3.8, 4) is 0 Å². The van der Waals surface area contributed by atoms with Crippen LogP contribution in [0.3, 0.4) is 0 Å². The predicted molar refractivity (Wildman–Crippen MR) is 60.3 cm³/mol. The highest BCUT2D eigenvalue weighted by Gasteiger charge is 2.85. The molecule has 2 bridgehead atoms. The van der Waals surface area contributed by atoms with Crippen molar-refractivity contribution >= 4 is 0 Å². The summed E-state index contributed by atoms with van der Waals surface area (Å²) in [5.41, 5.74) is -0.714. The average molecular weight is 236 g/mol. The molecular weight excluding hydrogens is 216 g/mol. The zero-order valence-electron chi connectivity index (χ0n) is 10.1. The zero-order valence-corrected chi connectivity index (χ0v) is 10.1. The highest BCUT2D eigenvalue weighted by molar-refractivity contribution is 5.35. The van der Waals surface area contributed by atoms with Gasteiger partial charge in [0, 0.05) is 11.8 Å². The van der Waals surface area contributed by atoms with Crippen molar-refractivity contribution in [2.75, 3.05) is 0 Å². The molecule has 0 heterocycles. The fourth-order valence-corrected chi connectivity index (χ4v) is 6.20. The Bertz CT molecular complexity index is 406. The van der Waals surface area contributed by atoms with E-state index in [1.807, 2.05) is 0 Å². The van der Waals surface area contributed by atoms with Gasteiger partial charge in [-0.3, -0.25) is 0 Å². The molecule has 0 radical (unpaired) electrons. The van der Waals surface area contributed by atoms with Gasteiger partial charge in [-0.25, -0.2) is 0 Å². The van der Waals surface area contributed by atoms with Crippen molar-refractivity contribution in [3.05, 3.63) is 0 Å². The van der Waals surface area contributed by atoms with Crippen LogP contribution in [0.5, 0.6) is 0 Å². The molecule has 2 N–H and O–H groups in total. The molecule has 5 aliphatic rings. The lowest BCUT2D eigenvalue weighted by Gasteiger charge is -2.63. The van der Waals surface area contributed by atoms with Crippen LogP contribution in [0.1, 0.15) is 44.9 Å². The molecule has 5 fully saturated rings. The van der Waals surface area contributed by atoms with E-state index in [4.69, 9.17) is 4.74 Å². The molecule has 0 aromatic rings. The van der Waals surface area contributed by atoms with Crippen LogP contribution >= 0.6 is 0 Å². The monoisotopic (exact) mass is 236 g/mol. The van der Waals surface area contributed by atoms with Crippen molar-refractivity contribution < 1.29 is 14.9 Å². The van der Waals surface area contributed by atoms with Gasteiger partial charge in [0.1, 0.15) is 0 Å². The Morgan fingerprint density at radius 3 is 2.59 bits per heavy atom. The summed E-state index contributed by atoms with van der Waals surface area (Å²) in [5, 5.41) is 21.1. The Morgan fingerprint density at radius 2 is 1.82 bits per heavy atom. The maximum atomic E-state index is 10.9. The first-order chi connectivity index (χ1) is 8.09. The van der Waals surface area contributed by atoms with E-state index in [9.17, 15) is 10.2 Å². The fourth-order valence-electron chi connectivity index (χ4n) is 6.20. The van der Waals surface area contributed by atoms with E-state index >= 15 is 0 Å². The summed E-state index contributed by atoms with van der Waals surface area (Å²) < 4.78 is 6.36. The number of rotatable bonds is 2. The summed E-state index contributed by atoms with van der Waals surface area (Å²) in [6.45, 7) is 0. The number of aliphatic hydroxyl groups is 2. The molecule has 0 amide bonds. The third kappa shape index (κ3) is 0.825. The van der Waals surface area contributed by atoms with E-state index in [1.165, 1.54) is 12.8 Å². The lowest BCUT2D eigenvalue weighted by Crippen LogP contribution is -2.69. The van der Waals surface area contributed by atoms with Crippen molar-refractivity contribution in [2.45, 2.75) is 68.4 Å². The minimum Gasteiger partial charge on any atom is -0.393 e. The molecule has 17 heavy (non-hydrogen) atoms. The van der Waals surface area contributed by atoms with Gasteiger partial charge in [0.2, 0.25) is 0 Å². The highest BCUT2D eigenvalue weighted by Crippen LogP contribution is 2.82. The lowest BCUT2D eigenvalue weighted by atomic mass is 9.48.